The van der Waals surface area contributed by atoms with E-state index in [4.69, 9.17) is 10.5 Å². The Hall–Kier alpha value is -1.02. The standard InChI is InChI=1S/C13H21NO/c1-4-6-13(14)12-8-7-11(15-3)9-10(12)5-2/h7-9,13H,4-6,14H2,1-3H3. The van der Waals surface area contributed by atoms with Gasteiger partial charge in [-0.3, -0.25) is 0 Å². The van der Waals surface area contributed by atoms with E-state index in [9.17, 15) is 0 Å². The summed E-state index contributed by atoms with van der Waals surface area (Å²) in [6, 6.07) is 6.34. The van der Waals surface area contributed by atoms with Gasteiger partial charge in [-0.25, -0.2) is 0 Å². The van der Waals surface area contributed by atoms with Gasteiger partial charge in [-0.15, -0.1) is 0 Å². The molecule has 2 heteroatoms. The van der Waals surface area contributed by atoms with Crippen LogP contribution in [0.1, 0.15) is 43.9 Å². The maximum absolute atomic E-state index is 6.13. The highest BCUT2D eigenvalue weighted by Gasteiger charge is 2.09. The molecule has 0 amide bonds. The summed E-state index contributed by atoms with van der Waals surface area (Å²) in [6.07, 6.45) is 3.17. The number of rotatable bonds is 5. The molecule has 15 heavy (non-hydrogen) atoms. The largest absolute Gasteiger partial charge is 0.497 e. The van der Waals surface area contributed by atoms with Crippen LogP contribution in [0, 0.1) is 0 Å². The molecule has 0 bridgehead atoms. The summed E-state index contributed by atoms with van der Waals surface area (Å²) in [7, 11) is 1.69. The van der Waals surface area contributed by atoms with E-state index in [-0.39, 0.29) is 6.04 Å². The van der Waals surface area contributed by atoms with Gasteiger partial charge in [-0.05, 0) is 36.1 Å². The molecule has 0 aliphatic carbocycles. The molecule has 0 saturated heterocycles. The zero-order valence-corrected chi connectivity index (χ0v) is 9.92. The minimum atomic E-state index is 0.163. The Morgan fingerprint density at radius 2 is 2.07 bits per heavy atom. The monoisotopic (exact) mass is 207 g/mol. The molecule has 84 valence electrons. The van der Waals surface area contributed by atoms with Crippen molar-refractivity contribution in [3.05, 3.63) is 29.3 Å². The maximum Gasteiger partial charge on any atom is 0.119 e. The number of hydrogen-bond donors (Lipinski definition) is 1. The van der Waals surface area contributed by atoms with Crippen molar-refractivity contribution < 1.29 is 4.74 Å². The van der Waals surface area contributed by atoms with E-state index in [1.54, 1.807) is 7.11 Å². The first kappa shape index (κ1) is 12.1. The minimum Gasteiger partial charge on any atom is -0.497 e. The van der Waals surface area contributed by atoms with Crippen LogP contribution >= 0.6 is 0 Å². The van der Waals surface area contributed by atoms with Gasteiger partial charge in [0.25, 0.3) is 0 Å². The fraction of sp³-hybridized carbons (Fsp3) is 0.538. The Kier molecular flexibility index (Phi) is 4.63. The van der Waals surface area contributed by atoms with E-state index >= 15 is 0 Å². The van der Waals surface area contributed by atoms with Gasteiger partial charge >= 0.3 is 0 Å². The van der Waals surface area contributed by atoms with Gasteiger partial charge in [-0.1, -0.05) is 26.3 Å². The second kappa shape index (κ2) is 5.76. The van der Waals surface area contributed by atoms with Crippen molar-refractivity contribution in [2.45, 2.75) is 39.2 Å². The predicted molar refractivity (Wildman–Crippen MR) is 64.2 cm³/mol. The molecule has 1 aromatic rings. The molecule has 0 saturated carbocycles. The molecule has 2 nitrogen and oxygen atoms in total. The molecule has 2 N–H and O–H groups in total. The van der Waals surface area contributed by atoms with Crippen LogP contribution in [0.2, 0.25) is 0 Å². The molecule has 0 aromatic heterocycles. The summed E-state index contributed by atoms with van der Waals surface area (Å²) in [5.41, 5.74) is 8.70. The lowest BCUT2D eigenvalue weighted by Gasteiger charge is -2.16. The number of ether oxygens (including phenoxy) is 1. The highest BCUT2D eigenvalue weighted by molar-refractivity contribution is 5.37. The molecule has 0 radical (unpaired) electrons. The molecule has 1 rings (SSSR count). The van der Waals surface area contributed by atoms with Crippen molar-refractivity contribution in [3.8, 4) is 5.75 Å². The van der Waals surface area contributed by atoms with E-state index in [0.717, 1.165) is 25.0 Å². The fourth-order valence-corrected chi connectivity index (χ4v) is 1.84. The van der Waals surface area contributed by atoms with E-state index in [1.165, 1.54) is 11.1 Å². The number of nitrogens with two attached hydrogens (primary N) is 1. The topological polar surface area (TPSA) is 35.2 Å². The lowest BCUT2D eigenvalue weighted by Crippen LogP contribution is -2.12. The van der Waals surface area contributed by atoms with Gasteiger partial charge in [0, 0.05) is 6.04 Å². The third kappa shape index (κ3) is 2.96. The molecule has 1 atom stereocenters. The van der Waals surface area contributed by atoms with Gasteiger partial charge in [0.1, 0.15) is 5.75 Å². The minimum absolute atomic E-state index is 0.163. The normalized spacial score (nSPS) is 12.5. The van der Waals surface area contributed by atoms with Crippen molar-refractivity contribution in [1.82, 2.24) is 0 Å². The van der Waals surface area contributed by atoms with Crippen molar-refractivity contribution in [2.24, 2.45) is 5.73 Å². The van der Waals surface area contributed by atoms with Crippen LogP contribution in [0.25, 0.3) is 0 Å². The fourth-order valence-electron chi connectivity index (χ4n) is 1.84. The molecule has 1 aromatic carbocycles. The van der Waals surface area contributed by atoms with E-state index in [2.05, 4.69) is 26.0 Å². The van der Waals surface area contributed by atoms with Crippen molar-refractivity contribution >= 4 is 0 Å². The smallest absolute Gasteiger partial charge is 0.119 e. The van der Waals surface area contributed by atoms with Crippen molar-refractivity contribution in [2.75, 3.05) is 7.11 Å². The summed E-state index contributed by atoms with van der Waals surface area (Å²) in [5, 5.41) is 0. The van der Waals surface area contributed by atoms with Crippen molar-refractivity contribution in [1.29, 1.82) is 0 Å². The molecular formula is C13H21NO. The van der Waals surface area contributed by atoms with Crippen molar-refractivity contribution in [3.63, 3.8) is 0 Å². The third-order valence-electron chi connectivity index (χ3n) is 2.73. The van der Waals surface area contributed by atoms with Gasteiger partial charge in [0.15, 0.2) is 0 Å². The molecule has 0 fully saturated rings. The third-order valence-corrected chi connectivity index (χ3v) is 2.73. The Labute approximate surface area is 92.4 Å². The van der Waals surface area contributed by atoms with Crippen LogP contribution in [0.5, 0.6) is 5.75 Å². The van der Waals surface area contributed by atoms with Gasteiger partial charge in [0.05, 0.1) is 7.11 Å². The first-order valence-electron chi connectivity index (χ1n) is 5.65. The van der Waals surface area contributed by atoms with Crippen LogP contribution in [-0.4, -0.2) is 7.11 Å². The Morgan fingerprint density at radius 3 is 2.60 bits per heavy atom. The highest BCUT2D eigenvalue weighted by atomic mass is 16.5. The highest BCUT2D eigenvalue weighted by Crippen LogP contribution is 2.24. The molecule has 0 spiro atoms. The van der Waals surface area contributed by atoms with E-state index < -0.39 is 0 Å². The summed E-state index contributed by atoms with van der Waals surface area (Å²) in [6.45, 7) is 4.31. The zero-order chi connectivity index (χ0) is 11.3. The number of aryl methyl sites for hydroxylation is 1. The number of methoxy groups -OCH3 is 1. The lowest BCUT2D eigenvalue weighted by molar-refractivity contribution is 0.414. The summed E-state index contributed by atoms with van der Waals surface area (Å²) in [4.78, 5) is 0. The average molecular weight is 207 g/mol. The summed E-state index contributed by atoms with van der Waals surface area (Å²) < 4.78 is 5.21. The SMILES string of the molecule is CCCC(N)c1ccc(OC)cc1CC. The van der Waals surface area contributed by atoms with Crippen LogP contribution in [0.4, 0.5) is 0 Å². The van der Waals surface area contributed by atoms with Crippen LogP contribution < -0.4 is 10.5 Å². The average Bonchev–Trinajstić information content (AvgIpc) is 2.28. The lowest BCUT2D eigenvalue weighted by atomic mass is 9.96. The van der Waals surface area contributed by atoms with Gasteiger partial charge in [-0.2, -0.15) is 0 Å². The Morgan fingerprint density at radius 1 is 1.33 bits per heavy atom. The summed E-state index contributed by atoms with van der Waals surface area (Å²) in [5.74, 6) is 0.916. The second-order valence-electron chi connectivity index (χ2n) is 3.81. The quantitative estimate of drug-likeness (QED) is 0.805. The van der Waals surface area contributed by atoms with Crippen LogP contribution in [-0.2, 0) is 6.42 Å². The molecule has 0 aliphatic heterocycles. The second-order valence-corrected chi connectivity index (χ2v) is 3.81. The van der Waals surface area contributed by atoms with Crippen LogP contribution in [0.15, 0.2) is 18.2 Å². The van der Waals surface area contributed by atoms with E-state index in [1.807, 2.05) is 6.07 Å². The predicted octanol–water partition coefficient (Wildman–Crippen LogP) is 3.06. The molecular weight excluding hydrogens is 186 g/mol. The first-order valence-corrected chi connectivity index (χ1v) is 5.65. The number of benzene rings is 1. The Bertz CT molecular complexity index is 309. The van der Waals surface area contributed by atoms with Crippen LogP contribution in [0.3, 0.4) is 0 Å². The molecule has 0 aliphatic rings. The first-order chi connectivity index (χ1) is 7.22. The molecule has 0 heterocycles. The summed E-state index contributed by atoms with van der Waals surface area (Å²) >= 11 is 0. The van der Waals surface area contributed by atoms with Gasteiger partial charge < -0.3 is 10.5 Å². The zero-order valence-electron chi connectivity index (χ0n) is 9.92. The number of hydrogen-bond acceptors (Lipinski definition) is 2. The molecule has 1 unspecified atom stereocenters. The van der Waals surface area contributed by atoms with Gasteiger partial charge in [0.2, 0.25) is 0 Å². The Balaban J connectivity index is 2.96. The maximum atomic E-state index is 6.13. The van der Waals surface area contributed by atoms with E-state index in [0.29, 0.717) is 0 Å².